The fraction of sp³-hybridized carbons (Fsp3) is 0.647. The van der Waals surface area contributed by atoms with Gasteiger partial charge in [0.1, 0.15) is 5.82 Å². The van der Waals surface area contributed by atoms with E-state index >= 15 is 0 Å². The number of rotatable bonds is 3. The van der Waals surface area contributed by atoms with Gasteiger partial charge in [-0.1, -0.05) is 6.07 Å². The summed E-state index contributed by atoms with van der Waals surface area (Å²) in [6.07, 6.45) is 8.25. The van der Waals surface area contributed by atoms with E-state index in [1.165, 1.54) is 31.2 Å². The summed E-state index contributed by atoms with van der Waals surface area (Å²) >= 11 is 0. The monoisotopic (exact) mass is 287 g/mol. The molecule has 1 amide bonds. The average Bonchev–Trinajstić information content (AvgIpc) is 2.55. The Morgan fingerprint density at radius 3 is 2.57 bits per heavy atom. The Hall–Kier alpha value is -1.58. The maximum Gasteiger partial charge on any atom is 0.210 e. The Morgan fingerprint density at radius 1 is 1.10 bits per heavy atom. The number of carbonyl (C=O) groups excluding carboxylic acids is 1. The molecule has 2 aliphatic heterocycles. The van der Waals surface area contributed by atoms with Crippen molar-refractivity contribution < 1.29 is 4.79 Å². The van der Waals surface area contributed by atoms with Gasteiger partial charge in [0.15, 0.2) is 0 Å². The van der Waals surface area contributed by atoms with Crippen LogP contribution in [-0.4, -0.2) is 35.9 Å². The highest BCUT2D eigenvalue weighted by Crippen LogP contribution is 2.32. The second-order valence-electron chi connectivity index (χ2n) is 6.25. The highest BCUT2D eigenvalue weighted by molar-refractivity contribution is 5.50. The van der Waals surface area contributed by atoms with Crippen LogP contribution in [0.3, 0.4) is 0 Å². The first-order valence-electron chi connectivity index (χ1n) is 8.23. The van der Waals surface area contributed by atoms with Gasteiger partial charge in [-0.15, -0.1) is 0 Å². The van der Waals surface area contributed by atoms with E-state index in [1.54, 1.807) is 0 Å². The Morgan fingerprint density at radius 2 is 1.86 bits per heavy atom. The first kappa shape index (κ1) is 14.4. The Kier molecular flexibility index (Phi) is 4.42. The normalized spacial score (nSPS) is 23.2. The number of aryl methyl sites for hydroxylation is 1. The van der Waals surface area contributed by atoms with Crippen molar-refractivity contribution in [2.45, 2.75) is 51.5 Å². The van der Waals surface area contributed by atoms with Gasteiger partial charge in [0.05, 0.1) is 6.04 Å². The van der Waals surface area contributed by atoms with Crippen molar-refractivity contribution in [2.75, 3.05) is 24.5 Å². The Bertz CT molecular complexity index is 497. The molecule has 1 aromatic heterocycles. The van der Waals surface area contributed by atoms with E-state index in [4.69, 9.17) is 4.98 Å². The maximum atomic E-state index is 11.3. The number of likely N-dealkylation sites (tertiary alicyclic amines) is 1. The number of aromatic nitrogens is 1. The van der Waals surface area contributed by atoms with Crippen molar-refractivity contribution in [3.05, 3.63) is 23.4 Å². The van der Waals surface area contributed by atoms with Crippen molar-refractivity contribution in [1.82, 2.24) is 9.88 Å². The standard InChI is InChI=1S/C17H25N3O/c1-14-15(16-7-3-6-12-20(16)13-21)8-9-17(18-14)19-10-4-2-5-11-19/h8-9,13,16H,2-7,10-12H2,1H3/t16-/m1/s1. The molecule has 114 valence electrons. The zero-order chi connectivity index (χ0) is 14.7. The number of hydrogen-bond donors (Lipinski definition) is 0. The highest BCUT2D eigenvalue weighted by atomic mass is 16.1. The summed E-state index contributed by atoms with van der Waals surface area (Å²) in [5, 5.41) is 0. The van der Waals surface area contributed by atoms with Crippen molar-refractivity contribution in [3.8, 4) is 0 Å². The minimum Gasteiger partial charge on any atom is -0.357 e. The van der Waals surface area contributed by atoms with Gasteiger partial charge >= 0.3 is 0 Å². The van der Waals surface area contributed by atoms with Crippen LogP contribution < -0.4 is 4.90 Å². The topological polar surface area (TPSA) is 36.4 Å². The van der Waals surface area contributed by atoms with Crippen molar-refractivity contribution in [3.63, 3.8) is 0 Å². The summed E-state index contributed by atoms with van der Waals surface area (Å²) in [5.41, 5.74) is 2.30. The molecule has 3 rings (SSSR count). The van der Waals surface area contributed by atoms with Gasteiger partial charge in [-0.2, -0.15) is 0 Å². The lowest BCUT2D eigenvalue weighted by atomic mass is 9.95. The van der Waals surface area contributed by atoms with Crippen LogP contribution >= 0.6 is 0 Å². The largest absolute Gasteiger partial charge is 0.357 e. The van der Waals surface area contributed by atoms with Crippen LogP contribution in [0.2, 0.25) is 0 Å². The summed E-state index contributed by atoms with van der Waals surface area (Å²) in [4.78, 5) is 20.4. The van der Waals surface area contributed by atoms with Gasteiger partial charge in [-0.25, -0.2) is 4.98 Å². The van der Waals surface area contributed by atoms with Crippen LogP contribution in [0.15, 0.2) is 12.1 Å². The molecule has 21 heavy (non-hydrogen) atoms. The summed E-state index contributed by atoms with van der Waals surface area (Å²) in [5.74, 6) is 1.10. The van der Waals surface area contributed by atoms with E-state index in [0.29, 0.717) is 0 Å². The van der Waals surface area contributed by atoms with E-state index in [1.807, 2.05) is 4.90 Å². The molecular formula is C17H25N3O. The third-order valence-electron chi connectivity index (χ3n) is 4.83. The molecule has 1 aromatic rings. The molecular weight excluding hydrogens is 262 g/mol. The predicted molar refractivity (Wildman–Crippen MR) is 84.4 cm³/mol. The molecule has 2 aliphatic rings. The average molecular weight is 287 g/mol. The number of amides is 1. The molecule has 3 heterocycles. The van der Waals surface area contributed by atoms with Crippen molar-refractivity contribution >= 4 is 12.2 Å². The fourth-order valence-corrected chi connectivity index (χ4v) is 3.62. The molecule has 0 aliphatic carbocycles. The molecule has 4 nitrogen and oxygen atoms in total. The summed E-state index contributed by atoms with van der Waals surface area (Å²) < 4.78 is 0. The fourth-order valence-electron chi connectivity index (χ4n) is 3.62. The van der Waals surface area contributed by atoms with E-state index < -0.39 is 0 Å². The SMILES string of the molecule is Cc1nc(N2CCCCC2)ccc1[C@H]1CCCCN1C=O. The number of pyridine rings is 1. The van der Waals surface area contributed by atoms with Crippen LogP contribution in [0.25, 0.3) is 0 Å². The minimum atomic E-state index is 0.221. The van der Waals surface area contributed by atoms with Crippen LogP contribution in [0, 0.1) is 6.92 Å². The first-order chi connectivity index (χ1) is 10.3. The number of nitrogens with zero attached hydrogens (tertiary/aromatic N) is 3. The van der Waals surface area contributed by atoms with Gasteiger partial charge in [-0.3, -0.25) is 4.79 Å². The molecule has 0 aromatic carbocycles. The van der Waals surface area contributed by atoms with Gasteiger partial charge in [0.2, 0.25) is 6.41 Å². The molecule has 0 saturated carbocycles. The second kappa shape index (κ2) is 6.46. The Labute approximate surface area is 127 Å². The number of piperidine rings is 2. The van der Waals surface area contributed by atoms with Gasteiger partial charge in [-0.05, 0) is 57.1 Å². The predicted octanol–water partition coefficient (Wildman–Crippen LogP) is 3.06. The summed E-state index contributed by atoms with van der Waals surface area (Å²) in [6.45, 7) is 5.20. The minimum absolute atomic E-state index is 0.221. The van der Waals surface area contributed by atoms with Gasteiger partial charge in [0, 0.05) is 25.3 Å². The smallest absolute Gasteiger partial charge is 0.210 e. The number of hydrogen-bond acceptors (Lipinski definition) is 3. The lowest BCUT2D eigenvalue weighted by Gasteiger charge is -2.34. The highest BCUT2D eigenvalue weighted by Gasteiger charge is 2.25. The molecule has 0 spiro atoms. The molecule has 0 bridgehead atoms. The number of anilines is 1. The number of carbonyl (C=O) groups is 1. The first-order valence-corrected chi connectivity index (χ1v) is 8.23. The Balaban J connectivity index is 1.81. The van der Waals surface area contributed by atoms with Crippen LogP contribution in [0.5, 0.6) is 0 Å². The molecule has 0 unspecified atom stereocenters. The van der Waals surface area contributed by atoms with Crippen LogP contribution in [-0.2, 0) is 4.79 Å². The zero-order valence-corrected chi connectivity index (χ0v) is 12.9. The third kappa shape index (κ3) is 3.04. The van der Waals surface area contributed by atoms with Crippen LogP contribution in [0.1, 0.15) is 55.8 Å². The quantitative estimate of drug-likeness (QED) is 0.802. The maximum absolute atomic E-state index is 11.3. The third-order valence-corrected chi connectivity index (χ3v) is 4.83. The lowest BCUT2D eigenvalue weighted by molar-refractivity contribution is -0.121. The van der Waals surface area contributed by atoms with E-state index in [2.05, 4.69) is 24.0 Å². The molecule has 4 heteroatoms. The molecule has 1 atom stereocenters. The molecule has 0 radical (unpaired) electrons. The lowest BCUT2D eigenvalue weighted by Crippen LogP contribution is -2.33. The summed E-state index contributed by atoms with van der Waals surface area (Å²) in [6, 6.07) is 4.56. The van der Waals surface area contributed by atoms with Crippen LogP contribution in [0.4, 0.5) is 5.82 Å². The van der Waals surface area contributed by atoms with Gasteiger partial charge in [0.25, 0.3) is 0 Å². The van der Waals surface area contributed by atoms with Gasteiger partial charge < -0.3 is 9.80 Å². The van der Waals surface area contributed by atoms with E-state index in [9.17, 15) is 4.79 Å². The van der Waals surface area contributed by atoms with Crippen molar-refractivity contribution in [1.29, 1.82) is 0 Å². The van der Waals surface area contributed by atoms with E-state index in [0.717, 1.165) is 50.4 Å². The molecule has 2 saturated heterocycles. The zero-order valence-electron chi connectivity index (χ0n) is 12.9. The van der Waals surface area contributed by atoms with Crippen molar-refractivity contribution in [2.24, 2.45) is 0 Å². The summed E-state index contributed by atoms with van der Waals surface area (Å²) in [7, 11) is 0. The molecule has 0 N–H and O–H groups in total. The molecule has 2 fully saturated rings. The second-order valence-corrected chi connectivity index (χ2v) is 6.25. The van der Waals surface area contributed by atoms with E-state index in [-0.39, 0.29) is 6.04 Å².